The third-order valence-corrected chi connectivity index (χ3v) is 4.58. The van der Waals surface area contributed by atoms with Crippen LogP contribution in [-0.4, -0.2) is 20.9 Å². The summed E-state index contributed by atoms with van der Waals surface area (Å²) in [6.07, 6.45) is 0. The van der Waals surface area contributed by atoms with E-state index in [1.54, 1.807) is 41.9 Å². The van der Waals surface area contributed by atoms with Gasteiger partial charge in [0, 0.05) is 16.1 Å². The van der Waals surface area contributed by atoms with Crippen molar-refractivity contribution in [2.45, 2.75) is 6.92 Å². The molecule has 1 aromatic heterocycles. The van der Waals surface area contributed by atoms with Gasteiger partial charge in [0.2, 0.25) is 0 Å². The van der Waals surface area contributed by atoms with E-state index in [0.717, 1.165) is 5.56 Å². The third kappa shape index (κ3) is 3.00. The van der Waals surface area contributed by atoms with Crippen LogP contribution in [0.5, 0.6) is 0 Å². The fourth-order valence-electron chi connectivity index (χ4n) is 2.45. The summed E-state index contributed by atoms with van der Waals surface area (Å²) in [5, 5.41) is 15.0. The lowest BCUT2D eigenvalue weighted by atomic mass is 10.1. The van der Waals surface area contributed by atoms with E-state index in [2.05, 4.69) is 5.10 Å². The van der Waals surface area contributed by atoms with Crippen molar-refractivity contribution in [3.8, 4) is 16.9 Å². The van der Waals surface area contributed by atoms with Crippen LogP contribution in [0.1, 0.15) is 16.1 Å². The lowest BCUT2D eigenvalue weighted by molar-refractivity contribution is 0.0689. The van der Waals surface area contributed by atoms with Crippen LogP contribution in [0.2, 0.25) is 15.1 Å². The molecule has 0 atom stereocenters. The Balaban J connectivity index is 2.28. The first-order chi connectivity index (χ1) is 11.4. The topological polar surface area (TPSA) is 55.1 Å². The lowest BCUT2D eigenvalue weighted by Gasteiger charge is -2.10. The van der Waals surface area contributed by atoms with Crippen LogP contribution < -0.4 is 0 Å². The number of aromatic carboxylic acids is 1. The Bertz CT molecular complexity index is 934. The first-order valence-corrected chi connectivity index (χ1v) is 8.06. The molecule has 0 spiro atoms. The lowest BCUT2D eigenvalue weighted by Crippen LogP contribution is -2.02. The normalized spacial score (nSPS) is 10.8. The van der Waals surface area contributed by atoms with Gasteiger partial charge in [-0.05, 0) is 37.3 Å². The van der Waals surface area contributed by atoms with Gasteiger partial charge in [-0.3, -0.25) is 0 Å². The second kappa shape index (κ2) is 6.48. The van der Waals surface area contributed by atoms with E-state index in [4.69, 9.17) is 34.8 Å². The highest BCUT2D eigenvalue weighted by Gasteiger charge is 2.21. The number of rotatable bonds is 3. The smallest absolute Gasteiger partial charge is 0.356 e. The van der Waals surface area contributed by atoms with Gasteiger partial charge < -0.3 is 5.11 Å². The molecule has 3 aromatic rings. The van der Waals surface area contributed by atoms with Crippen LogP contribution in [0, 0.1) is 6.92 Å². The fourth-order valence-corrected chi connectivity index (χ4v) is 2.87. The number of benzene rings is 2. The molecule has 0 aliphatic carbocycles. The quantitative estimate of drug-likeness (QED) is 0.651. The molecule has 0 aliphatic heterocycles. The predicted molar refractivity (Wildman–Crippen MR) is 95.7 cm³/mol. The summed E-state index contributed by atoms with van der Waals surface area (Å²) in [4.78, 5) is 11.5. The molecule has 0 saturated carbocycles. The van der Waals surface area contributed by atoms with Crippen molar-refractivity contribution in [2.75, 3.05) is 0 Å². The molecule has 3 rings (SSSR count). The highest BCUT2D eigenvalue weighted by molar-refractivity contribution is 6.42. The number of carboxylic acid groups (broad SMARTS) is 1. The van der Waals surface area contributed by atoms with Gasteiger partial charge in [0.25, 0.3) is 0 Å². The van der Waals surface area contributed by atoms with Gasteiger partial charge in [-0.2, -0.15) is 5.10 Å². The Morgan fingerprint density at radius 3 is 2.29 bits per heavy atom. The number of aromatic nitrogens is 2. The average molecular weight is 382 g/mol. The number of carbonyl (C=O) groups is 1. The van der Waals surface area contributed by atoms with Crippen LogP contribution in [0.3, 0.4) is 0 Å². The summed E-state index contributed by atoms with van der Waals surface area (Å²) in [6, 6.07) is 12.1. The largest absolute Gasteiger partial charge is 0.476 e. The molecule has 24 heavy (non-hydrogen) atoms. The Morgan fingerprint density at radius 1 is 1.04 bits per heavy atom. The molecule has 0 fully saturated rings. The molecule has 1 heterocycles. The number of halogens is 3. The molecular formula is C17H11Cl3N2O2. The maximum Gasteiger partial charge on any atom is 0.356 e. The molecular weight excluding hydrogens is 371 g/mol. The number of hydrogen-bond donors (Lipinski definition) is 1. The second-order valence-electron chi connectivity index (χ2n) is 5.14. The van der Waals surface area contributed by atoms with Crippen molar-refractivity contribution < 1.29 is 9.90 Å². The molecule has 0 unspecified atom stereocenters. The van der Waals surface area contributed by atoms with Crippen molar-refractivity contribution in [1.82, 2.24) is 9.78 Å². The molecule has 0 saturated heterocycles. The van der Waals surface area contributed by atoms with Crippen molar-refractivity contribution in [3.63, 3.8) is 0 Å². The van der Waals surface area contributed by atoms with Gasteiger partial charge in [0.05, 0.1) is 21.4 Å². The van der Waals surface area contributed by atoms with E-state index in [1.165, 1.54) is 0 Å². The molecule has 0 amide bonds. The Morgan fingerprint density at radius 2 is 1.71 bits per heavy atom. The number of hydrogen-bond acceptors (Lipinski definition) is 2. The SMILES string of the molecule is Cc1c(C(=O)O)nn(-c2ccc(Cl)c(Cl)c2)c1-c1ccc(Cl)cc1. The molecule has 7 heteroatoms. The summed E-state index contributed by atoms with van der Waals surface area (Å²) >= 11 is 18.0. The first kappa shape index (κ1) is 16.8. The minimum atomic E-state index is -1.10. The van der Waals surface area contributed by atoms with Crippen molar-refractivity contribution in [2.24, 2.45) is 0 Å². The van der Waals surface area contributed by atoms with Gasteiger partial charge in [0.1, 0.15) is 0 Å². The first-order valence-electron chi connectivity index (χ1n) is 6.92. The van der Waals surface area contributed by atoms with Gasteiger partial charge in [-0.1, -0.05) is 46.9 Å². The zero-order valence-corrected chi connectivity index (χ0v) is 14.7. The summed E-state index contributed by atoms with van der Waals surface area (Å²) in [5.74, 6) is -1.10. The maximum atomic E-state index is 11.5. The second-order valence-corrected chi connectivity index (χ2v) is 6.40. The van der Waals surface area contributed by atoms with Crippen LogP contribution >= 0.6 is 34.8 Å². The predicted octanol–water partition coefficient (Wildman–Crippen LogP) is 5.51. The molecule has 0 radical (unpaired) electrons. The van der Waals surface area contributed by atoms with Crippen LogP contribution in [0.25, 0.3) is 16.9 Å². The zero-order valence-electron chi connectivity index (χ0n) is 12.4. The van der Waals surface area contributed by atoms with Gasteiger partial charge >= 0.3 is 5.97 Å². The van der Waals surface area contributed by atoms with Crippen LogP contribution in [-0.2, 0) is 0 Å². The minimum Gasteiger partial charge on any atom is -0.476 e. The van der Waals surface area contributed by atoms with Crippen molar-refractivity contribution in [3.05, 3.63) is 68.8 Å². The van der Waals surface area contributed by atoms with E-state index in [9.17, 15) is 9.90 Å². The van der Waals surface area contributed by atoms with E-state index < -0.39 is 5.97 Å². The van der Waals surface area contributed by atoms with Gasteiger partial charge in [0.15, 0.2) is 5.69 Å². The maximum absolute atomic E-state index is 11.5. The van der Waals surface area contributed by atoms with Crippen molar-refractivity contribution in [1.29, 1.82) is 0 Å². The molecule has 1 N–H and O–H groups in total. The summed E-state index contributed by atoms with van der Waals surface area (Å²) in [7, 11) is 0. The Kier molecular flexibility index (Phi) is 4.54. The van der Waals surface area contributed by atoms with E-state index in [0.29, 0.717) is 32.0 Å². The van der Waals surface area contributed by atoms with Crippen LogP contribution in [0.15, 0.2) is 42.5 Å². The summed E-state index contributed by atoms with van der Waals surface area (Å²) < 4.78 is 1.55. The monoisotopic (exact) mass is 380 g/mol. The Hall–Kier alpha value is -2.01. The fraction of sp³-hybridized carbons (Fsp3) is 0.0588. The molecule has 2 aromatic carbocycles. The Labute approximate surface area is 153 Å². The molecule has 0 bridgehead atoms. The highest BCUT2D eigenvalue weighted by Crippen LogP contribution is 2.32. The zero-order chi connectivity index (χ0) is 17.4. The van der Waals surface area contributed by atoms with Crippen molar-refractivity contribution >= 4 is 40.8 Å². The number of carboxylic acids is 1. The summed E-state index contributed by atoms with van der Waals surface area (Å²) in [6.45, 7) is 1.72. The van der Waals surface area contributed by atoms with Crippen LogP contribution in [0.4, 0.5) is 0 Å². The van der Waals surface area contributed by atoms with E-state index in [-0.39, 0.29) is 5.69 Å². The molecule has 122 valence electrons. The third-order valence-electron chi connectivity index (χ3n) is 3.59. The molecule has 0 aliphatic rings. The standard InChI is InChI=1S/C17H11Cl3N2O2/c1-9-15(17(23)24)21-22(12-6-7-13(19)14(20)8-12)16(9)10-2-4-11(18)5-3-10/h2-8H,1H3,(H,23,24). The van der Waals surface area contributed by atoms with E-state index in [1.807, 2.05) is 12.1 Å². The van der Waals surface area contributed by atoms with Gasteiger partial charge in [-0.25, -0.2) is 9.48 Å². The van der Waals surface area contributed by atoms with Gasteiger partial charge in [-0.15, -0.1) is 0 Å². The summed E-state index contributed by atoms with van der Waals surface area (Å²) in [5.41, 5.74) is 2.59. The minimum absolute atomic E-state index is 0.0222. The highest BCUT2D eigenvalue weighted by atomic mass is 35.5. The number of nitrogens with zero attached hydrogens (tertiary/aromatic N) is 2. The molecule has 4 nitrogen and oxygen atoms in total. The average Bonchev–Trinajstić information content (AvgIpc) is 2.88. The van der Waals surface area contributed by atoms with E-state index >= 15 is 0 Å².